The van der Waals surface area contributed by atoms with Gasteiger partial charge in [-0.15, -0.1) is 0 Å². The van der Waals surface area contributed by atoms with Crippen molar-refractivity contribution >= 4 is 11.7 Å². The molecule has 0 radical (unpaired) electrons. The van der Waals surface area contributed by atoms with Crippen LogP contribution in [-0.2, 0) is 0 Å². The molecule has 3 nitrogen and oxygen atoms in total. The predicted molar refractivity (Wildman–Crippen MR) is 73.3 cm³/mol. The standard InChI is InChI=1S/C15H21NO2/c1-10(2)16(9-12-7-8-12)14-11(3)5-4-6-13(14)15(17)18/h4-6,10,12H,7-9H2,1-3H3,(H,17,18). The average molecular weight is 247 g/mol. The van der Waals surface area contributed by atoms with Crippen molar-refractivity contribution in [3.8, 4) is 0 Å². The maximum absolute atomic E-state index is 11.4. The molecule has 1 aliphatic carbocycles. The lowest BCUT2D eigenvalue weighted by atomic mass is 10.0. The summed E-state index contributed by atoms with van der Waals surface area (Å²) in [5.41, 5.74) is 2.36. The number of nitrogens with zero attached hydrogens (tertiary/aromatic N) is 1. The Kier molecular flexibility index (Phi) is 3.60. The highest BCUT2D eigenvalue weighted by Crippen LogP contribution is 2.34. The minimum atomic E-state index is -0.838. The second-order valence-electron chi connectivity index (χ2n) is 5.47. The number of carboxylic acid groups (broad SMARTS) is 1. The van der Waals surface area contributed by atoms with Crippen molar-refractivity contribution < 1.29 is 9.90 Å². The third-order valence-electron chi connectivity index (χ3n) is 3.53. The molecule has 0 saturated heterocycles. The van der Waals surface area contributed by atoms with Crippen LogP contribution >= 0.6 is 0 Å². The number of para-hydroxylation sites is 1. The Balaban J connectivity index is 2.41. The van der Waals surface area contributed by atoms with Crippen molar-refractivity contribution in [2.45, 2.75) is 39.7 Å². The lowest BCUT2D eigenvalue weighted by molar-refractivity contribution is 0.0697. The number of carboxylic acids is 1. The van der Waals surface area contributed by atoms with Crippen molar-refractivity contribution in [1.29, 1.82) is 0 Å². The summed E-state index contributed by atoms with van der Waals surface area (Å²) in [4.78, 5) is 13.6. The maximum Gasteiger partial charge on any atom is 0.337 e. The van der Waals surface area contributed by atoms with Crippen LogP contribution in [0.2, 0.25) is 0 Å². The van der Waals surface area contributed by atoms with Gasteiger partial charge in [-0.3, -0.25) is 0 Å². The van der Waals surface area contributed by atoms with E-state index in [-0.39, 0.29) is 0 Å². The molecule has 1 saturated carbocycles. The van der Waals surface area contributed by atoms with Crippen molar-refractivity contribution in [2.24, 2.45) is 5.92 Å². The third kappa shape index (κ3) is 2.66. The fraction of sp³-hybridized carbons (Fsp3) is 0.533. The Morgan fingerprint density at radius 2 is 2.11 bits per heavy atom. The Morgan fingerprint density at radius 1 is 1.44 bits per heavy atom. The van der Waals surface area contributed by atoms with Crippen LogP contribution < -0.4 is 4.90 Å². The van der Waals surface area contributed by atoms with Gasteiger partial charge in [-0.2, -0.15) is 0 Å². The molecule has 0 unspecified atom stereocenters. The summed E-state index contributed by atoms with van der Waals surface area (Å²) in [6.45, 7) is 7.22. The number of rotatable bonds is 5. The fourth-order valence-electron chi connectivity index (χ4n) is 2.35. The van der Waals surface area contributed by atoms with Crippen LogP contribution in [0, 0.1) is 12.8 Å². The van der Waals surface area contributed by atoms with Gasteiger partial charge in [0.15, 0.2) is 0 Å². The van der Waals surface area contributed by atoms with E-state index in [2.05, 4.69) is 18.7 Å². The van der Waals surface area contributed by atoms with E-state index in [0.717, 1.165) is 23.7 Å². The van der Waals surface area contributed by atoms with Gasteiger partial charge in [0.1, 0.15) is 0 Å². The number of aryl methyl sites for hydroxylation is 1. The molecule has 0 bridgehead atoms. The third-order valence-corrected chi connectivity index (χ3v) is 3.53. The topological polar surface area (TPSA) is 40.5 Å². The van der Waals surface area contributed by atoms with E-state index < -0.39 is 5.97 Å². The van der Waals surface area contributed by atoms with E-state index in [1.54, 1.807) is 6.07 Å². The van der Waals surface area contributed by atoms with Crippen molar-refractivity contribution in [3.63, 3.8) is 0 Å². The SMILES string of the molecule is Cc1cccc(C(=O)O)c1N(CC1CC1)C(C)C. The highest BCUT2D eigenvalue weighted by Gasteiger charge is 2.28. The zero-order chi connectivity index (χ0) is 13.3. The molecule has 0 atom stereocenters. The second-order valence-corrected chi connectivity index (χ2v) is 5.47. The van der Waals surface area contributed by atoms with Crippen LogP contribution in [-0.4, -0.2) is 23.7 Å². The molecule has 0 aromatic heterocycles. The van der Waals surface area contributed by atoms with Crippen molar-refractivity contribution in [3.05, 3.63) is 29.3 Å². The van der Waals surface area contributed by atoms with Gasteiger partial charge < -0.3 is 10.0 Å². The van der Waals surface area contributed by atoms with Crippen LogP contribution in [0.4, 0.5) is 5.69 Å². The Hall–Kier alpha value is -1.51. The number of aromatic carboxylic acids is 1. The van der Waals surface area contributed by atoms with Gasteiger partial charge in [0.05, 0.1) is 11.3 Å². The van der Waals surface area contributed by atoms with Gasteiger partial charge in [0, 0.05) is 12.6 Å². The van der Waals surface area contributed by atoms with Crippen molar-refractivity contribution in [2.75, 3.05) is 11.4 Å². The first-order valence-electron chi connectivity index (χ1n) is 6.60. The number of anilines is 1. The average Bonchev–Trinajstić information content (AvgIpc) is 3.09. The van der Waals surface area contributed by atoms with Crippen molar-refractivity contribution in [1.82, 2.24) is 0 Å². The molecule has 0 spiro atoms. The largest absolute Gasteiger partial charge is 0.478 e. The molecule has 3 heteroatoms. The molecule has 0 amide bonds. The molecule has 1 aromatic carbocycles. The number of hydrogen-bond acceptors (Lipinski definition) is 2. The zero-order valence-corrected chi connectivity index (χ0v) is 11.3. The predicted octanol–water partition coefficient (Wildman–Crippen LogP) is 3.32. The van der Waals surface area contributed by atoms with Gasteiger partial charge in [-0.25, -0.2) is 4.79 Å². The van der Waals surface area contributed by atoms with Gasteiger partial charge >= 0.3 is 5.97 Å². The molecule has 0 aliphatic heterocycles. The van der Waals surface area contributed by atoms with E-state index >= 15 is 0 Å². The first-order valence-corrected chi connectivity index (χ1v) is 6.60. The first kappa shape index (κ1) is 12.9. The highest BCUT2D eigenvalue weighted by atomic mass is 16.4. The summed E-state index contributed by atoms with van der Waals surface area (Å²) >= 11 is 0. The van der Waals surface area contributed by atoms with Crippen LogP contribution in [0.1, 0.15) is 42.6 Å². The summed E-state index contributed by atoms with van der Waals surface area (Å²) in [5, 5.41) is 9.34. The van der Waals surface area contributed by atoms with E-state index in [1.807, 2.05) is 19.1 Å². The summed E-state index contributed by atoms with van der Waals surface area (Å²) < 4.78 is 0. The minimum absolute atomic E-state index is 0.324. The molecule has 0 heterocycles. The monoisotopic (exact) mass is 247 g/mol. The zero-order valence-electron chi connectivity index (χ0n) is 11.3. The molecule has 1 aromatic rings. The molecule has 18 heavy (non-hydrogen) atoms. The number of benzene rings is 1. The van der Waals surface area contributed by atoms with Crippen LogP contribution in [0.25, 0.3) is 0 Å². The molecule has 1 N–H and O–H groups in total. The molecular formula is C15H21NO2. The molecular weight excluding hydrogens is 226 g/mol. The normalized spacial score (nSPS) is 14.9. The summed E-state index contributed by atoms with van der Waals surface area (Å²) in [7, 11) is 0. The summed E-state index contributed by atoms with van der Waals surface area (Å²) in [5.74, 6) is -0.0937. The van der Waals surface area contributed by atoms with E-state index in [4.69, 9.17) is 0 Å². The number of hydrogen-bond donors (Lipinski definition) is 1. The van der Waals surface area contributed by atoms with Gasteiger partial charge in [-0.05, 0) is 51.2 Å². The molecule has 2 rings (SSSR count). The molecule has 1 fully saturated rings. The maximum atomic E-state index is 11.4. The van der Waals surface area contributed by atoms with E-state index in [0.29, 0.717) is 11.6 Å². The Labute approximate surface area is 108 Å². The van der Waals surface area contributed by atoms with Gasteiger partial charge in [-0.1, -0.05) is 12.1 Å². The molecule has 98 valence electrons. The lowest BCUT2D eigenvalue weighted by Crippen LogP contribution is -2.34. The van der Waals surface area contributed by atoms with Crippen LogP contribution in [0.15, 0.2) is 18.2 Å². The first-order chi connectivity index (χ1) is 8.50. The summed E-state index contributed by atoms with van der Waals surface area (Å²) in [6, 6.07) is 5.83. The number of carbonyl (C=O) groups is 1. The van der Waals surface area contributed by atoms with E-state index in [1.165, 1.54) is 12.8 Å². The highest BCUT2D eigenvalue weighted by molar-refractivity contribution is 5.95. The van der Waals surface area contributed by atoms with Crippen LogP contribution in [0.3, 0.4) is 0 Å². The fourth-order valence-corrected chi connectivity index (χ4v) is 2.35. The van der Waals surface area contributed by atoms with E-state index in [9.17, 15) is 9.90 Å². The van der Waals surface area contributed by atoms with Crippen LogP contribution in [0.5, 0.6) is 0 Å². The Morgan fingerprint density at radius 3 is 2.61 bits per heavy atom. The summed E-state index contributed by atoms with van der Waals surface area (Å²) in [6.07, 6.45) is 2.55. The Bertz CT molecular complexity index is 450. The smallest absolute Gasteiger partial charge is 0.337 e. The quantitative estimate of drug-likeness (QED) is 0.867. The lowest BCUT2D eigenvalue weighted by Gasteiger charge is -2.31. The van der Waals surface area contributed by atoms with Gasteiger partial charge in [0.2, 0.25) is 0 Å². The second kappa shape index (κ2) is 5.01. The van der Waals surface area contributed by atoms with Gasteiger partial charge in [0.25, 0.3) is 0 Å². The minimum Gasteiger partial charge on any atom is -0.478 e. The molecule has 1 aliphatic rings.